The monoisotopic (exact) mass is 732 g/mol. The minimum atomic E-state index is -0.500. The third kappa shape index (κ3) is 6.63. The third-order valence-corrected chi connectivity index (χ3v) is 11.2. The molecule has 0 unspecified atom stereocenters. The third-order valence-electron chi connectivity index (χ3n) is 11.2. The number of carbonyl (C=O) groups is 4. The van der Waals surface area contributed by atoms with Crippen molar-refractivity contribution in [1.82, 2.24) is 39.5 Å². The fourth-order valence-electron chi connectivity index (χ4n) is 8.53. The van der Waals surface area contributed by atoms with Gasteiger partial charge < -0.3 is 29.2 Å². The van der Waals surface area contributed by atoms with Crippen LogP contribution in [-0.4, -0.2) is 116 Å². The SMILES string of the molecule is COC(=O)N1CCC[C@H]1C(=O)N1CCC[C@H]1c1ncc(-c2ccc(C#Cc3ccc4nc([C@@H]5CCCN5C(=O)[C@@H]5CCCN5C(=O)OC)[nH]c4c3)cc2)[nH]1. The zero-order chi connectivity index (χ0) is 37.3. The molecule has 14 nitrogen and oxygen atoms in total. The number of aromatic nitrogens is 4. The molecule has 6 heterocycles. The predicted octanol–water partition coefficient (Wildman–Crippen LogP) is 5.14. The lowest BCUT2D eigenvalue weighted by Gasteiger charge is -2.30. The number of rotatable bonds is 5. The average molecular weight is 733 g/mol. The smallest absolute Gasteiger partial charge is 0.410 e. The van der Waals surface area contributed by atoms with Crippen LogP contribution in [0.2, 0.25) is 0 Å². The van der Waals surface area contributed by atoms with E-state index in [4.69, 9.17) is 14.5 Å². The number of benzene rings is 2. The topological polar surface area (TPSA) is 157 Å². The van der Waals surface area contributed by atoms with Crippen molar-refractivity contribution in [3.05, 3.63) is 71.4 Å². The maximum absolute atomic E-state index is 13.6. The van der Waals surface area contributed by atoms with Gasteiger partial charge in [0.05, 0.1) is 49.2 Å². The number of ether oxygens (including phenoxy) is 2. The summed E-state index contributed by atoms with van der Waals surface area (Å²) in [6.07, 6.45) is 7.06. The Kier molecular flexibility index (Phi) is 9.70. The minimum absolute atomic E-state index is 0.0465. The maximum atomic E-state index is 13.6. The summed E-state index contributed by atoms with van der Waals surface area (Å²) >= 11 is 0. The van der Waals surface area contributed by atoms with Gasteiger partial charge in [-0.05, 0) is 87.3 Å². The molecule has 4 atom stereocenters. The van der Waals surface area contributed by atoms with Gasteiger partial charge in [-0.25, -0.2) is 19.6 Å². The molecule has 2 N–H and O–H groups in total. The molecule has 8 rings (SSSR count). The lowest BCUT2D eigenvalue weighted by Crippen LogP contribution is -2.47. The van der Waals surface area contributed by atoms with Crippen LogP contribution >= 0.6 is 0 Å². The van der Waals surface area contributed by atoms with E-state index in [1.54, 1.807) is 6.20 Å². The first-order valence-corrected chi connectivity index (χ1v) is 18.8. The van der Waals surface area contributed by atoms with Crippen molar-refractivity contribution < 1.29 is 28.7 Å². The van der Waals surface area contributed by atoms with Crippen LogP contribution in [0, 0.1) is 11.8 Å². The van der Waals surface area contributed by atoms with Crippen LogP contribution in [0.15, 0.2) is 48.7 Å². The fourth-order valence-corrected chi connectivity index (χ4v) is 8.53. The normalized spacial score (nSPS) is 22.5. The number of amides is 4. The standard InChI is InChI=1S/C40H44N8O6/c1-53-39(51)47-21-5-9-33(47)37(49)45-19-3-7-31(45)35-41-24-30(44-35)27-16-13-25(14-17-27)11-12-26-15-18-28-29(23-26)43-36(42-28)32-8-4-20-46(32)38(50)34-10-6-22-48(34)40(52)54-2/h13-18,23-24,31-34H,3-10,19-22H2,1-2H3,(H,41,44)(H,42,43)/t31-,32-,33-,34-/m0/s1. The van der Waals surface area contributed by atoms with E-state index in [1.807, 2.05) is 52.3 Å². The quantitative estimate of drug-likeness (QED) is 0.267. The Bertz CT molecular complexity index is 2130. The average Bonchev–Trinajstić information content (AvgIpc) is 4.05. The van der Waals surface area contributed by atoms with Crippen LogP contribution in [-0.2, 0) is 19.1 Å². The Morgan fingerprint density at radius 2 is 1.20 bits per heavy atom. The molecule has 4 aliphatic heterocycles. The molecule has 2 aromatic heterocycles. The Morgan fingerprint density at radius 3 is 1.81 bits per heavy atom. The second-order valence-electron chi connectivity index (χ2n) is 14.4. The molecule has 4 aliphatic rings. The summed E-state index contributed by atoms with van der Waals surface area (Å²) in [4.78, 5) is 74.9. The number of imidazole rings is 2. The van der Waals surface area contributed by atoms with Gasteiger partial charge in [-0.3, -0.25) is 19.4 Å². The summed E-state index contributed by atoms with van der Waals surface area (Å²) in [7, 11) is 2.69. The summed E-state index contributed by atoms with van der Waals surface area (Å²) in [5.74, 6) is 7.92. The fraction of sp³-hybridized carbons (Fsp3) is 0.450. The van der Waals surface area contributed by atoms with E-state index in [0.29, 0.717) is 39.0 Å². The van der Waals surface area contributed by atoms with Crippen molar-refractivity contribution >= 4 is 35.0 Å². The van der Waals surface area contributed by atoms with Gasteiger partial charge in [-0.15, -0.1) is 0 Å². The Hall–Kier alpha value is -5.84. The van der Waals surface area contributed by atoms with E-state index in [0.717, 1.165) is 83.6 Å². The Morgan fingerprint density at radius 1 is 0.667 bits per heavy atom. The molecule has 14 heteroatoms. The molecule has 2 aromatic carbocycles. The van der Waals surface area contributed by atoms with Gasteiger partial charge in [0.1, 0.15) is 23.7 Å². The predicted molar refractivity (Wildman–Crippen MR) is 198 cm³/mol. The molecule has 4 amide bonds. The summed E-state index contributed by atoms with van der Waals surface area (Å²) in [5, 5.41) is 0. The molecule has 0 aliphatic carbocycles. The van der Waals surface area contributed by atoms with E-state index in [9.17, 15) is 19.2 Å². The number of likely N-dealkylation sites (tertiary alicyclic amines) is 4. The molecule has 0 radical (unpaired) electrons. The van der Waals surface area contributed by atoms with Crippen molar-refractivity contribution in [2.75, 3.05) is 40.4 Å². The lowest BCUT2D eigenvalue weighted by molar-refractivity contribution is -0.137. The number of nitrogens with one attached hydrogen (secondary N) is 2. The highest BCUT2D eigenvalue weighted by molar-refractivity contribution is 5.88. The molecule has 4 aromatic rings. The summed E-state index contributed by atoms with van der Waals surface area (Å²) < 4.78 is 9.84. The van der Waals surface area contributed by atoms with Crippen LogP contribution in [0.5, 0.6) is 0 Å². The number of carbonyl (C=O) groups excluding carboxylic acids is 4. The van der Waals surface area contributed by atoms with Crippen molar-refractivity contribution in [1.29, 1.82) is 0 Å². The van der Waals surface area contributed by atoms with Gasteiger partial charge in [0, 0.05) is 37.3 Å². The first kappa shape index (κ1) is 35.2. The molecular weight excluding hydrogens is 688 g/mol. The highest BCUT2D eigenvalue weighted by Crippen LogP contribution is 2.36. The Labute approximate surface area is 313 Å². The van der Waals surface area contributed by atoms with Crippen molar-refractivity contribution in [3.63, 3.8) is 0 Å². The molecule has 0 bridgehead atoms. The van der Waals surface area contributed by atoms with Crippen molar-refractivity contribution in [2.24, 2.45) is 0 Å². The number of nitrogens with zero attached hydrogens (tertiary/aromatic N) is 6. The minimum Gasteiger partial charge on any atom is -0.453 e. The zero-order valence-corrected chi connectivity index (χ0v) is 30.5. The number of hydrogen-bond donors (Lipinski definition) is 2. The summed E-state index contributed by atoms with van der Waals surface area (Å²) in [5.41, 5.74) is 5.16. The second-order valence-corrected chi connectivity index (χ2v) is 14.4. The number of fused-ring (bicyclic) bond motifs is 1. The molecule has 0 saturated carbocycles. The van der Waals surface area contributed by atoms with Crippen LogP contribution in [0.3, 0.4) is 0 Å². The highest BCUT2D eigenvalue weighted by Gasteiger charge is 2.43. The molecule has 4 saturated heterocycles. The second kappa shape index (κ2) is 14.9. The largest absolute Gasteiger partial charge is 0.453 e. The number of methoxy groups -OCH3 is 2. The van der Waals surface area contributed by atoms with Gasteiger partial charge in [0.25, 0.3) is 0 Å². The van der Waals surface area contributed by atoms with E-state index in [1.165, 1.54) is 24.0 Å². The highest BCUT2D eigenvalue weighted by atomic mass is 16.5. The molecule has 4 fully saturated rings. The molecule has 54 heavy (non-hydrogen) atoms. The first-order valence-electron chi connectivity index (χ1n) is 18.8. The first-order chi connectivity index (χ1) is 26.3. The van der Waals surface area contributed by atoms with E-state index >= 15 is 0 Å². The summed E-state index contributed by atoms with van der Waals surface area (Å²) in [6.45, 7) is 2.31. The van der Waals surface area contributed by atoms with Gasteiger partial charge in [0.2, 0.25) is 11.8 Å². The number of hydrogen-bond acceptors (Lipinski definition) is 8. The van der Waals surface area contributed by atoms with Gasteiger partial charge in [-0.1, -0.05) is 24.0 Å². The Balaban J connectivity index is 0.924. The molecule has 0 spiro atoms. The van der Waals surface area contributed by atoms with Crippen molar-refractivity contribution in [3.8, 4) is 23.1 Å². The number of H-pyrrole nitrogens is 2. The maximum Gasteiger partial charge on any atom is 0.410 e. The van der Waals surface area contributed by atoms with Crippen LogP contribution < -0.4 is 0 Å². The molecular formula is C40H44N8O6. The zero-order valence-electron chi connectivity index (χ0n) is 30.5. The van der Waals surface area contributed by atoms with Crippen LogP contribution in [0.1, 0.15) is 86.2 Å². The van der Waals surface area contributed by atoms with Gasteiger partial charge in [0.15, 0.2) is 0 Å². The lowest BCUT2D eigenvalue weighted by atomic mass is 10.1. The number of aromatic amines is 2. The van der Waals surface area contributed by atoms with Crippen LogP contribution in [0.4, 0.5) is 9.59 Å². The van der Waals surface area contributed by atoms with Crippen LogP contribution in [0.25, 0.3) is 22.3 Å². The van der Waals surface area contributed by atoms with E-state index in [-0.39, 0.29) is 23.9 Å². The van der Waals surface area contributed by atoms with Crippen molar-refractivity contribution in [2.45, 2.75) is 75.5 Å². The summed E-state index contributed by atoms with van der Waals surface area (Å²) in [6, 6.07) is 12.5. The van der Waals surface area contributed by atoms with E-state index < -0.39 is 24.3 Å². The van der Waals surface area contributed by atoms with Gasteiger partial charge >= 0.3 is 12.2 Å². The van der Waals surface area contributed by atoms with E-state index in [2.05, 4.69) is 26.8 Å². The van der Waals surface area contributed by atoms with Gasteiger partial charge in [-0.2, -0.15) is 0 Å². The molecule has 280 valence electrons.